The zero-order valence-electron chi connectivity index (χ0n) is 12.0. The lowest BCUT2D eigenvalue weighted by atomic mass is 9.88. The van der Waals surface area contributed by atoms with E-state index < -0.39 is 0 Å². The Morgan fingerprint density at radius 2 is 2.06 bits per heavy atom. The van der Waals surface area contributed by atoms with Gasteiger partial charge in [0.05, 0.1) is 0 Å². The van der Waals surface area contributed by atoms with E-state index in [2.05, 4.69) is 35.5 Å². The van der Waals surface area contributed by atoms with Crippen molar-refractivity contribution in [2.45, 2.75) is 43.4 Å². The second-order valence-electron chi connectivity index (χ2n) is 5.89. The van der Waals surface area contributed by atoms with E-state index in [1.807, 2.05) is 0 Å². The second kappa shape index (κ2) is 6.60. The maximum absolute atomic E-state index is 6.14. The molecule has 2 fully saturated rings. The summed E-state index contributed by atoms with van der Waals surface area (Å²) in [6, 6.07) is 0. The third-order valence-corrected chi connectivity index (χ3v) is 6.41. The van der Waals surface area contributed by atoms with Crippen LogP contribution < -0.4 is 5.73 Å². The van der Waals surface area contributed by atoms with Crippen LogP contribution in [-0.4, -0.2) is 66.1 Å². The molecule has 2 unspecified atom stereocenters. The first kappa shape index (κ1) is 14.6. The number of likely N-dealkylation sites (tertiary alicyclic amines) is 1. The fourth-order valence-corrected chi connectivity index (χ4v) is 4.81. The van der Waals surface area contributed by atoms with Gasteiger partial charge in [0, 0.05) is 30.4 Å². The molecule has 106 valence electrons. The molecule has 2 rings (SSSR count). The Bertz CT molecular complexity index is 255. The number of hydrogen-bond donors (Lipinski definition) is 1. The summed E-state index contributed by atoms with van der Waals surface area (Å²) in [4.78, 5) is 5.16. The molecule has 0 amide bonds. The van der Waals surface area contributed by atoms with Crippen LogP contribution in [0.3, 0.4) is 0 Å². The van der Waals surface area contributed by atoms with Crippen molar-refractivity contribution < 1.29 is 0 Å². The van der Waals surface area contributed by atoms with Crippen molar-refractivity contribution in [2.24, 2.45) is 5.73 Å². The molecule has 0 aromatic carbocycles. The van der Waals surface area contributed by atoms with Crippen molar-refractivity contribution in [2.75, 3.05) is 45.5 Å². The smallest absolute Gasteiger partial charge is 0.0445 e. The predicted octanol–water partition coefficient (Wildman–Crippen LogP) is 1.63. The molecule has 2 saturated heterocycles. The lowest BCUT2D eigenvalue weighted by Gasteiger charge is -2.48. The van der Waals surface area contributed by atoms with E-state index in [0.29, 0.717) is 5.25 Å². The van der Waals surface area contributed by atoms with Crippen molar-refractivity contribution in [3.63, 3.8) is 0 Å². The molecule has 2 aliphatic heterocycles. The highest BCUT2D eigenvalue weighted by molar-refractivity contribution is 8.00. The van der Waals surface area contributed by atoms with Gasteiger partial charge in [-0.1, -0.05) is 6.92 Å². The molecule has 2 aliphatic rings. The molecule has 18 heavy (non-hydrogen) atoms. The van der Waals surface area contributed by atoms with Gasteiger partial charge in [-0.05, 0) is 51.6 Å². The normalized spacial score (nSPS) is 34.3. The van der Waals surface area contributed by atoms with Crippen LogP contribution in [0.5, 0.6) is 0 Å². The Hall–Kier alpha value is 0.230. The maximum atomic E-state index is 6.14. The van der Waals surface area contributed by atoms with Gasteiger partial charge in [-0.2, -0.15) is 11.8 Å². The van der Waals surface area contributed by atoms with Crippen molar-refractivity contribution in [1.82, 2.24) is 9.80 Å². The summed E-state index contributed by atoms with van der Waals surface area (Å²) in [6.45, 7) is 8.15. The van der Waals surface area contributed by atoms with Gasteiger partial charge in [0.25, 0.3) is 0 Å². The van der Waals surface area contributed by atoms with Crippen LogP contribution in [0.2, 0.25) is 0 Å². The fraction of sp³-hybridized carbons (Fsp3) is 1.00. The molecule has 0 saturated carbocycles. The molecule has 3 nitrogen and oxygen atoms in total. The van der Waals surface area contributed by atoms with E-state index in [4.69, 9.17) is 5.73 Å². The van der Waals surface area contributed by atoms with Crippen LogP contribution in [0.4, 0.5) is 0 Å². The van der Waals surface area contributed by atoms with Crippen LogP contribution in [0.1, 0.15) is 32.6 Å². The van der Waals surface area contributed by atoms with Gasteiger partial charge in [0.15, 0.2) is 0 Å². The molecular formula is C14H29N3S. The number of thioether (sulfide) groups is 1. The second-order valence-corrected chi connectivity index (χ2v) is 7.34. The minimum atomic E-state index is 0.239. The minimum absolute atomic E-state index is 0.239. The molecule has 0 aromatic heterocycles. The van der Waals surface area contributed by atoms with Crippen molar-refractivity contribution in [3.8, 4) is 0 Å². The first-order chi connectivity index (χ1) is 8.69. The molecule has 2 N–H and O–H groups in total. The monoisotopic (exact) mass is 271 g/mol. The summed E-state index contributed by atoms with van der Waals surface area (Å²) in [5.74, 6) is 1.31. The molecular weight excluding hydrogens is 242 g/mol. The maximum Gasteiger partial charge on any atom is 0.0445 e. The van der Waals surface area contributed by atoms with E-state index in [1.165, 1.54) is 57.6 Å². The number of hydrogen-bond acceptors (Lipinski definition) is 4. The average molecular weight is 271 g/mol. The van der Waals surface area contributed by atoms with Crippen molar-refractivity contribution in [3.05, 3.63) is 0 Å². The van der Waals surface area contributed by atoms with Gasteiger partial charge in [0.2, 0.25) is 0 Å². The lowest BCUT2D eigenvalue weighted by molar-refractivity contribution is 0.0997. The Morgan fingerprint density at radius 3 is 2.67 bits per heavy atom. The summed E-state index contributed by atoms with van der Waals surface area (Å²) in [5.41, 5.74) is 6.38. The molecule has 0 aromatic rings. The predicted molar refractivity (Wildman–Crippen MR) is 81.2 cm³/mol. The van der Waals surface area contributed by atoms with Gasteiger partial charge in [-0.15, -0.1) is 0 Å². The first-order valence-electron chi connectivity index (χ1n) is 7.44. The van der Waals surface area contributed by atoms with E-state index in [9.17, 15) is 0 Å². The van der Waals surface area contributed by atoms with E-state index in [0.717, 1.165) is 6.54 Å². The molecule has 0 spiro atoms. The first-order valence-corrected chi connectivity index (χ1v) is 8.49. The summed E-state index contributed by atoms with van der Waals surface area (Å²) < 4.78 is 0. The lowest BCUT2D eigenvalue weighted by Crippen LogP contribution is -2.60. The Balaban J connectivity index is 1.89. The Kier molecular flexibility index (Phi) is 5.36. The summed E-state index contributed by atoms with van der Waals surface area (Å²) in [6.07, 6.45) is 5.37. The van der Waals surface area contributed by atoms with Gasteiger partial charge in [0.1, 0.15) is 0 Å². The zero-order chi connectivity index (χ0) is 13.0. The minimum Gasteiger partial charge on any atom is -0.329 e. The standard InChI is InChI=1S/C14H29N3S/c1-13-14(12-15,6-5-11-18-13)16(2)9-10-17-7-3-4-8-17/h13H,3-12,15H2,1-2H3. The third kappa shape index (κ3) is 3.03. The van der Waals surface area contributed by atoms with Crippen molar-refractivity contribution >= 4 is 11.8 Å². The molecule has 0 aliphatic carbocycles. The van der Waals surface area contributed by atoms with E-state index in [1.54, 1.807) is 0 Å². The van der Waals surface area contributed by atoms with E-state index in [-0.39, 0.29) is 5.54 Å². The SMILES string of the molecule is CC1SCCCC1(CN)N(C)CCN1CCCC1. The Morgan fingerprint density at radius 1 is 1.33 bits per heavy atom. The number of nitrogens with two attached hydrogens (primary N) is 1. The van der Waals surface area contributed by atoms with Crippen LogP contribution >= 0.6 is 11.8 Å². The van der Waals surface area contributed by atoms with Gasteiger partial charge in [-0.25, -0.2) is 0 Å². The summed E-state index contributed by atoms with van der Waals surface area (Å²) >= 11 is 2.10. The largest absolute Gasteiger partial charge is 0.329 e. The van der Waals surface area contributed by atoms with Gasteiger partial charge in [-0.3, -0.25) is 4.90 Å². The Labute approximate surface area is 116 Å². The third-order valence-electron chi connectivity index (χ3n) is 4.94. The highest BCUT2D eigenvalue weighted by atomic mass is 32.2. The van der Waals surface area contributed by atoms with E-state index >= 15 is 0 Å². The quantitative estimate of drug-likeness (QED) is 0.824. The molecule has 0 radical (unpaired) electrons. The number of likely N-dealkylation sites (N-methyl/N-ethyl adjacent to an activating group) is 1. The zero-order valence-corrected chi connectivity index (χ0v) is 12.8. The van der Waals surface area contributed by atoms with Crippen LogP contribution in [0.15, 0.2) is 0 Å². The van der Waals surface area contributed by atoms with Crippen LogP contribution in [-0.2, 0) is 0 Å². The molecule has 2 heterocycles. The van der Waals surface area contributed by atoms with Gasteiger partial charge >= 0.3 is 0 Å². The summed E-state index contributed by atoms with van der Waals surface area (Å²) in [7, 11) is 2.28. The molecule has 4 heteroatoms. The fourth-order valence-electron chi connectivity index (χ4n) is 3.44. The van der Waals surface area contributed by atoms with Crippen LogP contribution in [0.25, 0.3) is 0 Å². The topological polar surface area (TPSA) is 32.5 Å². The highest BCUT2D eigenvalue weighted by Crippen LogP contribution is 2.37. The van der Waals surface area contributed by atoms with Crippen molar-refractivity contribution in [1.29, 1.82) is 0 Å². The molecule has 2 atom stereocenters. The highest BCUT2D eigenvalue weighted by Gasteiger charge is 2.40. The average Bonchev–Trinajstić information content (AvgIpc) is 2.90. The number of nitrogens with zero attached hydrogens (tertiary/aromatic N) is 2. The van der Waals surface area contributed by atoms with Crippen LogP contribution in [0, 0.1) is 0 Å². The summed E-state index contributed by atoms with van der Waals surface area (Å²) in [5, 5.41) is 0.667. The number of rotatable bonds is 5. The van der Waals surface area contributed by atoms with Gasteiger partial charge < -0.3 is 10.6 Å². The molecule has 0 bridgehead atoms.